The predicted molar refractivity (Wildman–Crippen MR) is 133 cm³/mol. The highest BCUT2D eigenvalue weighted by molar-refractivity contribution is 5.79. The molecule has 2 aromatic rings. The van der Waals surface area contributed by atoms with Crippen molar-refractivity contribution in [2.75, 3.05) is 26.2 Å². The molecule has 0 N–H and O–H groups in total. The summed E-state index contributed by atoms with van der Waals surface area (Å²) in [5.41, 5.74) is 1.41. The molecule has 0 spiro atoms. The van der Waals surface area contributed by atoms with Crippen LogP contribution in [0.1, 0.15) is 43.7 Å². The lowest BCUT2D eigenvalue weighted by atomic mass is 10.0. The quantitative estimate of drug-likeness (QED) is 0.406. The fourth-order valence-electron chi connectivity index (χ4n) is 4.92. The van der Waals surface area contributed by atoms with Crippen molar-refractivity contribution in [3.05, 3.63) is 65.5 Å². The molecule has 10 heteroatoms. The molecule has 208 valence electrons. The Morgan fingerprint density at radius 2 is 1.68 bits per heavy atom. The van der Waals surface area contributed by atoms with E-state index in [1.807, 2.05) is 4.90 Å². The molecule has 0 radical (unpaired) electrons. The number of nitrogens with zero attached hydrogens (tertiary/aromatic N) is 2. The van der Waals surface area contributed by atoms with Crippen molar-refractivity contribution in [1.29, 1.82) is 0 Å². The van der Waals surface area contributed by atoms with E-state index >= 15 is 0 Å². The van der Waals surface area contributed by atoms with Gasteiger partial charge in [-0.1, -0.05) is 24.3 Å². The van der Waals surface area contributed by atoms with E-state index < -0.39 is 6.36 Å². The minimum absolute atomic E-state index is 0.00107. The molecule has 1 amide bonds. The van der Waals surface area contributed by atoms with Gasteiger partial charge < -0.3 is 24.0 Å². The van der Waals surface area contributed by atoms with Gasteiger partial charge in [-0.3, -0.25) is 4.79 Å². The molecule has 0 bridgehead atoms. The maximum atomic E-state index is 13.4. The summed E-state index contributed by atoms with van der Waals surface area (Å²) < 4.78 is 66.3. The molecule has 4 rings (SSSR count). The third kappa shape index (κ3) is 8.68. The second-order valence-corrected chi connectivity index (χ2v) is 9.91. The van der Waals surface area contributed by atoms with E-state index in [9.17, 15) is 22.4 Å². The standard InChI is InChI=1S/C28H34F4N2O4/c1-20-13-17-36-27(37-20)12-16-33-14-10-24(11-15-33)34(19-22-2-6-23(29)7-3-22)26(35)18-21-4-8-25(9-5-21)38-28(30,31)32/h2-9,20,24,27H,10-19H2,1H3/t20?,27-/m1/s1. The van der Waals surface area contributed by atoms with Crippen molar-refractivity contribution in [2.45, 2.75) is 70.4 Å². The van der Waals surface area contributed by atoms with E-state index in [4.69, 9.17) is 9.47 Å². The van der Waals surface area contributed by atoms with Crippen molar-refractivity contribution in [1.82, 2.24) is 9.80 Å². The molecule has 0 saturated carbocycles. The number of carbonyl (C=O) groups excluding carboxylic acids is 1. The van der Waals surface area contributed by atoms with E-state index in [2.05, 4.69) is 16.6 Å². The second kappa shape index (κ2) is 12.9. The van der Waals surface area contributed by atoms with Gasteiger partial charge in [-0.2, -0.15) is 0 Å². The summed E-state index contributed by atoms with van der Waals surface area (Å²) in [5, 5.41) is 0. The van der Waals surface area contributed by atoms with Gasteiger partial charge in [0.15, 0.2) is 6.29 Å². The van der Waals surface area contributed by atoms with Crippen molar-refractivity contribution in [2.24, 2.45) is 0 Å². The Labute approximate surface area is 220 Å². The maximum Gasteiger partial charge on any atom is 0.573 e. The fraction of sp³-hybridized carbons (Fsp3) is 0.536. The van der Waals surface area contributed by atoms with Crippen molar-refractivity contribution in [3.63, 3.8) is 0 Å². The molecule has 2 heterocycles. The van der Waals surface area contributed by atoms with Crippen LogP contribution in [0.3, 0.4) is 0 Å². The maximum absolute atomic E-state index is 13.4. The third-order valence-electron chi connectivity index (χ3n) is 6.99. The van der Waals surface area contributed by atoms with Crippen LogP contribution in [0.15, 0.2) is 48.5 Å². The van der Waals surface area contributed by atoms with Gasteiger partial charge in [0.2, 0.25) is 5.91 Å². The van der Waals surface area contributed by atoms with Gasteiger partial charge in [0.05, 0.1) is 19.1 Å². The largest absolute Gasteiger partial charge is 0.573 e. The molecule has 1 unspecified atom stereocenters. The highest BCUT2D eigenvalue weighted by atomic mass is 19.4. The first-order valence-electron chi connectivity index (χ1n) is 13.0. The van der Waals surface area contributed by atoms with Gasteiger partial charge in [-0.15, -0.1) is 13.2 Å². The minimum atomic E-state index is -4.77. The topological polar surface area (TPSA) is 51.2 Å². The number of benzene rings is 2. The zero-order valence-corrected chi connectivity index (χ0v) is 21.5. The summed E-state index contributed by atoms with van der Waals surface area (Å²) in [4.78, 5) is 17.6. The number of piperidine rings is 1. The summed E-state index contributed by atoms with van der Waals surface area (Å²) in [5.74, 6) is -0.806. The molecule has 0 aliphatic carbocycles. The molecular weight excluding hydrogens is 504 g/mol. The van der Waals surface area contributed by atoms with Crippen LogP contribution in [0, 0.1) is 5.82 Å². The van der Waals surface area contributed by atoms with Crippen LogP contribution in [-0.4, -0.2) is 66.7 Å². The highest BCUT2D eigenvalue weighted by Crippen LogP contribution is 2.25. The van der Waals surface area contributed by atoms with Crippen molar-refractivity contribution in [3.8, 4) is 5.75 Å². The molecule has 0 aromatic heterocycles. The lowest BCUT2D eigenvalue weighted by Crippen LogP contribution is -2.48. The van der Waals surface area contributed by atoms with E-state index in [1.165, 1.54) is 36.4 Å². The van der Waals surface area contributed by atoms with E-state index in [-0.39, 0.29) is 42.3 Å². The first kappa shape index (κ1) is 28.3. The van der Waals surface area contributed by atoms with E-state index in [0.29, 0.717) is 18.7 Å². The number of hydrogen-bond acceptors (Lipinski definition) is 5. The Morgan fingerprint density at radius 3 is 2.32 bits per heavy atom. The Hall–Kier alpha value is -2.69. The first-order chi connectivity index (χ1) is 18.1. The average Bonchev–Trinajstić information content (AvgIpc) is 2.88. The zero-order chi connectivity index (χ0) is 27.1. The number of hydrogen-bond donors (Lipinski definition) is 0. The molecule has 2 fully saturated rings. The molecule has 2 atom stereocenters. The van der Waals surface area contributed by atoms with Crippen molar-refractivity contribution < 1.29 is 36.6 Å². The summed E-state index contributed by atoms with van der Waals surface area (Å²) in [6.45, 7) is 5.60. The Bertz CT molecular complexity index is 1020. The predicted octanol–water partition coefficient (Wildman–Crippen LogP) is 5.30. The van der Waals surface area contributed by atoms with Crippen LogP contribution in [-0.2, 0) is 27.2 Å². The van der Waals surface area contributed by atoms with Crippen LogP contribution < -0.4 is 4.74 Å². The summed E-state index contributed by atoms with van der Waals surface area (Å²) in [6, 6.07) is 11.4. The normalized spacial score (nSPS) is 21.3. The van der Waals surface area contributed by atoms with Gasteiger partial charge in [0, 0.05) is 38.6 Å². The van der Waals surface area contributed by atoms with Gasteiger partial charge in [0.1, 0.15) is 11.6 Å². The molecule has 6 nitrogen and oxygen atoms in total. The van der Waals surface area contributed by atoms with Gasteiger partial charge in [-0.25, -0.2) is 4.39 Å². The Kier molecular flexibility index (Phi) is 9.62. The number of carbonyl (C=O) groups is 1. The van der Waals surface area contributed by atoms with Crippen LogP contribution >= 0.6 is 0 Å². The monoisotopic (exact) mass is 538 g/mol. The van der Waals surface area contributed by atoms with Gasteiger partial charge in [-0.05, 0) is 61.6 Å². The number of amides is 1. The average molecular weight is 539 g/mol. The van der Waals surface area contributed by atoms with Crippen LogP contribution in [0.5, 0.6) is 5.75 Å². The third-order valence-corrected chi connectivity index (χ3v) is 6.99. The lowest BCUT2D eigenvalue weighted by Gasteiger charge is -2.39. The molecule has 38 heavy (non-hydrogen) atoms. The zero-order valence-electron chi connectivity index (χ0n) is 21.5. The number of ether oxygens (including phenoxy) is 3. The summed E-state index contributed by atoms with van der Waals surface area (Å²) in [6.07, 6.45) is -1.43. The van der Waals surface area contributed by atoms with E-state index in [1.54, 1.807) is 12.1 Å². The smallest absolute Gasteiger partial charge is 0.406 e. The number of rotatable bonds is 9. The number of alkyl halides is 3. The Balaban J connectivity index is 1.36. The first-order valence-corrected chi connectivity index (χ1v) is 13.0. The van der Waals surface area contributed by atoms with E-state index in [0.717, 1.165) is 50.9 Å². The number of halogens is 4. The Morgan fingerprint density at radius 1 is 1.03 bits per heavy atom. The van der Waals surface area contributed by atoms with Crippen LogP contribution in [0.4, 0.5) is 17.6 Å². The molecule has 2 aliphatic heterocycles. The van der Waals surface area contributed by atoms with Crippen molar-refractivity contribution >= 4 is 5.91 Å². The van der Waals surface area contributed by atoms with Crippen LogP contribution in [0.2, 0.25) is 0 Å². The van der Waals surface area contributed by atoms with Gasteiger partial charge in [0.25, 0.3) is 0 Å². The SMILES string of the molecule is CC1CCO[C@@H](CCN2CCC(N(Cc3ccc(F)cc3)C(=O)Cc3ccc(OC(F)(F)F)cc3)CC2)O1. The summed E-state index contributed by atoms with van der Waals surface area (Å²) >= 11 is 0. The highest BCUT2D eigenvalue weighted by Gasteiger charge is 2.31. The second-order valence-electron chi connectivity index (χ2n) is 9.91. The molecule has 2 saturated heterocycles. The minimum Gasteiger partial charge on any atom is -0.406 e. The van der Waals surface area contributed by atoms with Crippen LogP contribution in [0.25, 0.3) is 0 Å². The fourth-order valence-corrected chi connectivity index (χ4v) is 4.92. The van der Waals surface area contributed by atoms with Gasteiger partial charge >= 0.3 is 6.36 Å². The molecule has 2 aliphatic rings. The number of likely N-dealkylation sites (tertiary alicyclic amines) is 1. The summed E-state index contributed by atoms with van der Waals surface area (Å²) in [7, 11) is 0. The lowest BCUT2D eigenvalue weighted by molar-refractivity contribution is -0.274. The molecule has 2 aromatic carbocycles. The molecular formula is C28H34F4N2O4.